The lowest BCUT2D eigenvalue weighted by atomic mass is 10.2. The summed E-state index contributed by atoms with van der Waals surface area (Å²) >= 11 is 5.63. The van der Waals surface area contributed by atoms with Gasteiger partial charge in [-0.15, -0.1) is 0 Å². The number of amides is 1. The minimum atomic E-state index is -0.422. The van der Waals surface area contributed by atoms with Gasteiger partial charge >= 0.3 is 0 Å². The highest BCUT2D eigenvalue weighted by molar-refractivity contribution is 14.1. The molecule has 1 saturated heterocycles. The SMILES string of the molecule is O=C(Nc1ccc(I)c(Br)c1)C1CC(O)CN1. The zero-order valence-corrected chi connectivity index (χ0v) is 12.7. The molecular formula is C11H12BrIN2O2. The number of β-amino-alcohol motifs (C(OH)–C–C–N with tert-alkyl or cyclic N) is 1. The summed E-state index contributed by atoms with van der Waals surface area (Å²) in [6.45, 7) is 0.481. The largest absolute Gasteiger partial charge is 0.392 e. The van der Waals surface area contributed by atoms with Crippen LogP contribution in [-0.4, -0.2) is 29.7 Å². The van der Waals surface area contributed by atoms with Crippen molar-refractivity contribution in [2.45, 2.75) is 18.6 Å². The summed E-state index contributed by atoms with van der Waals surface area (Å²) in [6.07, 6.45) is 0.0476. The van der Waals surface area contributed by atoms with Gasteiger partial charge in [-0.2, -0.15) is 0 Å². The zero-order valence-electron chi connectivity index (χ0n) is 8.91. The maximum absolute atomic E-state index is 11.9. The monoisotopic (exact) mass is 410 g/mol. The number of benzene rings is 1. The van der Waals surface area contributed by atoms with E-state index >= 15 is 0 Å². The fourth-order valence-electron chi connectivity index (χ4n) is 1.72. The molecule has 2 rings (SSSR count). The Bertz CT molecular complexity index is 441. The van der Waals surface area contributed by atoms with Gasteiger partial charge in [0.15, 0.2) is 0 Å². The molecule has 0 saturated carbocycles. The Kier molecular flexibility index (Phi) is 4.40. The standard InChI is InChI=1S/C11H12BrIN2O2/c12-8-3-6(1-2-9(8)13)15-11(17)10-4-7(16)5-14-10/h1-3,7,10,14,16H,4-5H2,(H,15,17). The number of carbonyl (C=O) groups is 1. The van der Waals surface area contributed by atoms with Gasteiger partial charge in [0, 0.05) is 20.3 Å². The van der Waals surface area contributed by atoms with Crippen molar-refractivity contribution in [2.75, 3.05) is 11.9 Å². The van der Waals surface area contributed by atoms with Crippen LogP contribution in [0.1, 0.15) is 6.42 Å². The molecule has 1 heterocycles. The van der Waals surface area contributed by atoms with E-state index in [2.05, 4.69) is 49.2 Å². The van der Waals surface area contributed by atoms with Gasteiger partial charge in [0.05, 0.1) is 12.1 Å². The van der Waals surface area contributed by atoms with Crippen molar-refractivity contribution < 1.29 is 9.90 Å². The summed E-state index contributed by atoms with van der Waals surface area (Å²) in [5, 5.41) is 15.1. The van der Waals surface area contributed by atoms with Gasteiger partial charge in [-0.05, 0) is 63.1 Å². The van der Waals surface area contributed by atoms with Crippen LogP contribution in [0.2, 0.25) is 0 Å². The highest BCUT2D eigenvalue weighted by atomic mass is 127. The topological polar surface area (TPSA) is 61.4 Å². The molecule has 17 heavy (non-hydrogen) atoms. The third kappa shape index (κ3) is 3.40. The highest BCUT2D eigenvalue weighted by Gasteiger charge is 2.27. The molecule has 6 heteroatoms. The fraction of sp³-hybridized carbons (Fsp3) is 0.364. The van der Waals surface area contributed by atoms with E-state index in [-0.39, 0.29) is 11.9 Å². The van der Waals surface area contributed by atoms with Crippen LogP contribution in [-0.2, 0) is 4.79 Å². The first-order valence-electron chi connectivity index (χ1n) is 5.23. The van der Waals surface area contributed by atoms with Crippen molar-refractivity contribution in [2.24, 2.45) is 0 Å². The van der Waals surface area contributed by atoms with Crippen molar-refractivity contribution in [1.29, 1.82) is 0 Å². The summed E-state index contributed by atoms with van der Waals surface area (Å²) in [6, 6.07) is 5.35. The van der Waals surface area contributed by atoms with E-state index in [1.807, 2.05) is 18.2 Å². The predicted molar refractivity (Wildman–Crippen MR) is 77.9 cm³/mol. The predicted octanol–water partition coefficient (Wildman–Crippen LogP) is 1.71. The molecule has 1 fully saturated rings. The lowest BCUT2D eigenvalue weighted by Gasteiger charge is -2.11. The van der Waals surface area contributed by atoms with E-state index in [9.17, 15) is 9.90 Å². The van der Waals surface area contributed by atoms with E-state index in [1.165, 1.54) is 0 Å². The minimum Gasteiger partial charge on any atom is -0.392 e. The third-order valence-corrected chi connectivity index (χ3v) is 4.95. The molecule has 92 valence electrons. The highest BCUT2D eigenvalue weighted by Crippen LogP contribution is 2.23. The number of hydrogen-bond donors (Lipinski definition) is 3. The molecule has 1 aromatic carbocycles. The van der Waals surface area contributed by atoms with Crippen LogP contribution in [0.25, 0.3) is 0 Å². The summed E-state index contributed by atoms with van der Waals surface area (Å²) in [5.41, 5.74) is 0.755. The molecule has 1 aliphatic heterocycles. The van der Waals surface area contributed by atoms with Crippen LogP contribution in [0.3, 0.4) is 0 Å². The van der Waals surface area contributed by atoms with Gasteiger partial charge in [-0.3, -0.25) is 4.79 Å². The van der Waals surface area contributed by atoms with Crippen molar-refractivity contribution in [3.8, 4) is 0 Å². The average molecular weight is 411 g/mol. The molecule has 0 radical (unpaired) electrons. The molecular weight excluding hydrogens is 399 g/mol. The van der Waals surface area contributed by atoms with Crippen molar-refractivity contribution >= 4 is 50.1 Å². The number of halogens is 2. The number of hydrogen-bond acceptors (Lipinski definition) is 3. The molecule has 0 spiro atoms. The molecule has 3 N–H and O–H groups in total. The molecule has 1 amide bonds. The maximum atomic E-state index is 11.9. The van der Waals surface area contributed by atoms with Crippen LogP contribution >= 0.6 is 38.5 Å². The third-order valence-electron chi connectivity index (χ3n) is 2.61. The molecule has 0 aromatic heterocycles. The smallest absolute Gasteiger partial charge is 0.241 e. The number of aliphatic hydroxyl groups is 1. The van der Waals surface area contributed by atoms with Gasteiger partial charge in [0.25, 0.3) is 0 Å². The van der Waals surface area contributed by atoms with Crippen LogP contribution in [0.5, 0.6) is 0 Å². The van der Waals surface area contributed by atoms with Crippen LogP contribution in [0.15, 0.2) is 22.7 Å². The Morgan fingerprint density at radius 1 is 1.59 bits per heavy atom. The zero-order chi connectivity index (χ0) is 12.4. The first kappa shape index (κ1) is 13.3. The maximum Gasteiger partial charge on any atom is 0.241 e. The molecule has 4 nitrogen and oxygen atoms in total. The van der Waals surface area contributed by atoms with Gasteiger partial charge in [-0.1, -0.05) is 0 Å². The number of aliphatic hydroxyl groups excluding tert-OH is 1. The second-order valence-electron chi connectivity index (χ2n) is 3.97. The lowest BCUT2D eigenvalue weighted by Crippen LogP contribution is -2.35. The summed E-state index contributed by atoms with van der Waals surface area (Å²) < 4.78 is 2.05. The summed E-state index contributed by atoms with van der Waals surface area (Å²) in [5.74, 6) is -0.102. The Hall–Kier alpha value is -0.180. The van der Waals surface area contributed by atoms with Gasteiger partial charge in [0.1, 0.15) is 0 Å². The summed E-state index contributed by atoms with van der Waals surface area (Å²) in [4.78, 5) is 11.9. The van der Waals surface area contributed by atoms with Gasteiger partial charge in [-0.25, -0.2) is 0 Å². The van der Waals surface area contributed by atoms with E-state index in [0.717, 1.165) is 13.7 Å². The Balaban J connectivity index is 2.00. The van der Waals surface area contributed by atoms with Crippen molar-refractivity contribution in [3.63, 3.8) is 0 Å². The van der Waals surface area contributed by atoms with Crippen LogP contribution in [0.4, 0.5) is 5.69 Å². The Morgan fingerprint density at radius 2 is 2.35 bits per heavy atom. The lowest BCUT2D eigenvalue weighted by molar-refractivity contribution is -0.117. The van der Waals surface area contributed by atoms with Gasteiger partial charge in [0.2, 0.25) is 5.91 Å². The number of anilines is 1. The second-order valence-corrected chi connectivity index (χ2v) is 5.99. The van der Waals surface area contributed by atoms with E-state index in [0.29, 0.717) is 13.0 Å². The molecule has 2 atom stereocenters. The van der Waals surface area contributed by atoms with Crippen molar-refractivity contribution in [1.82, 2.24) is 5.32 Å². The van der Waals surface area contributed by atoms with E-state index in [4.69, 9.17) is 0 Å². The average Bonchev–Trinajstić information content (AvgIpc) is 2.70. The molecule has 2 unspecified atom stereocenters. The molecule has 0 bridgehead atoms. The number of nitrogens with one attached hydrogen (secondary N) is 2. The van der Waals surface area contributed by atoms with Crippen molar-refractivity contribution in [3.05, 3.63) is 26.2 Å². The normalized spacial score (nSPS) is 23.7. The fourth-order valence-corrected chi connectivity index (χ4v) is 2.43. The quantitative estimate of drug-likeness (QED) is 0.650. The first-order chi connectivity index (χ1) is 8.06. The van der Waals surface area contributed by atoms with E-state index in [1.54, 1.807) is 0 Å². The second kappa shape index (κ2) is 5.64. The van der Waals surface area contributed by atoms with Crippen LogP contribution in [0, 0.1) is 3.57 Å². The Morgan fingerprint density at radius 3 is 2.94 bits per heavy atom. The van der Waals surface area contributed by atoms with Crippen LogP contribution < -0.4 is 10.6 Å². The Labute approximate surface area is 121 Å². The van der Waals surface area contributed by atoms with Gasteiger partial charge < -0.3 is 15.7 Å². The summed E-state index contributed by atoms with van der Waals surface area (Å²) in [7, 11) is 0. The number of carbonyl (C=O) groups excluding carboxylic acids is 1. The minimum absolute atomic E-state index is 0.102. The molecule has 1 aliphatic rings. The first-order valence-corrected chi connectivity index (χ1v) is 7.11. The molecule has 0 aliphatic carbocycles. The van der Waals surface area contributed by atoms with E-state index < -0.39 is 6.10 Å². The number of rotatable bonds is 2. The molecule has 1 aromatic rings.